The third-order valence-corrected chi connectivity index (χ3v) is 5.53. The van der Waals surface area contributed by atoms with Gasteiger partial charge in [0.1, 0.15) is 11.6 Å². The standard InChI is InChI=1S/C18H18FN5O2S/c1-10-15-14(9-25)21-16(17-20-11(2)22-27-17)24(15)8-7-23(10)18(26)12-3-5-13(19)6-4-12/h3-6,10,25H,7-9H2,1-2H3/t10-/m1/s1. The molecule has 0 spiro atoms. The molecule has 7 nitrogen and oxygen atoms in total. The predicted octanol–water partition coefficient (Wildman–Crippen LogP) is 2.56. The number of amides is 1. The maximum atomic E-state index is 13.2. The molecule has 1 N–H and O–H groups in total. The summed E-state index contributed by atoms with van der Waals surface area (Å²) in [7, 11) is 0. The molecule has 0 saturated heterocycles. The Morgan fingerprint density at radius 1 is 1.30 bits per heavy atom. The van der Waals surface area contributed by atoms with E-state index in [1.807, 2.05) is 18.4 Å². The van der Waals surface area contributed by atoms with Crippen molar-refractivity contribution < 1.29 is 14.3 Å². The number of hydrogen-bond donors (Lipinski definition) is 1. The zero-order valence-corrected chi connectivity index (χ0v) is 15.7. The first-order valence-electron chi connectivity index (χ1n) is 8.57. The Labute approximate surface area is 159 Å². The lowest BCUT2D eigenvalue weighted by Gasteiger charge is -2.35. The summed E-state index contributed by atoms with van der Waals surface area (Å²) >= 11 is 1.26. The summed E-state index contributed by atoms with van der Waals surface area (Å²) in [5.74, 6) is 0.790. The Balaban J connectivity index is 1.71. The van der Waals surface area contributed by atoms with E-state index >= 15 is 0 Å². The Bertz CT molecular complexity index is 998. The number of aryl methyl sites for hydroxylation is 1. The van der Waals surface area contributed by atoms with Crippen molar-refractivity contribution in [2.75, 3.05) is 6.54 Å². The van der Waals surface area contributed by atoms with Crippen molar-refractivity contribution in [3.63, 3.8) is 0 Å². The molecule has 0 saturated carbocycles. The van der Waals surface area contributed by atoms with Crippen LogP contribution in [0, 0.1) is 12.7 Å². The van der Waals surface area contributed by atoms with E-state index in [0.29, 0.717) is 41.0 Å². The zero-order valence-electron chi connectivity index (χ0n) is 14.9. The number of nitrogens with zero attached hydrogens (tertiary/aromatic N) is 5. The summed E-state index contributed by atoms with van der Waals surface area (Å²) in [5, 5.41) is 10.5. The van der Waals surface area contributed by atoms with Gasteiger partial charge in [0.25, 0.3) is 5.91 Å². The van der Waals surface area contributed by atoms with E-state index in [0.717, 1.165) is 5.69 Å². The molecule has 0 radical (unpaired) electrons. The van der Waals surface area contributed by atoms with Crippen LogP contribution in [0.5, 0.6) is 0 Å². The van der Waals surface area contributed by atoms with E-state index < -0.39 is 0 Å². The minimum Gasteiger partial charge on any atom is -0.390 e. The van der Waals surface area contributed by atoms with Crippen LogP contribution < -0.4 is 0 Å². The number of aliphatic hydroxyl groups excluding tert-OH is 1. The molecule has 1 aliphatic rings. The van der Waals surface area contributed by atoms with Gasteiger partial charge in [-0.15, -0.1) is 0 Å². The third-order valence-electron chi connectivity index (χ3n) is 4.73. The van der Waals surface area contributed by atoms with Crippen LogP contribution in [-0.4, -0.2) is 41.4 Å². The van der Waals surface area contributed by atoms with Crippen molar-refractivity contribution in [2.24, 2.45) is 0 Å². The minimum atomic E-state index is -0.379. The number of carbonyl (C=O) groups is 1. The van der Waals surface area contributed by atoms with E-state index in [9.17, 15) is 14.3 Å². The number of rotatable bonds is 3. The Morgan fingerprint density at radius 3 is 2.67 bits per heavy atom. The van der Waals surface area contributed by atoms with Gasteiger partial charge >= 0.3 is 0 Å². The first kappa shape index (κ1) is 17.7. The number of aliphatic hydroxyl groups is 1. The highest BCUT2D eigenvalue weighted by atomic mass is 32.1. The summed E-state index contributed by atoms with van der Waals surface area (Å²) in [4.78, 5) is 23.6. The molecule has 1 atom stereocenters. The first-order valence-corrected chi connectivity index (χ1v) is 9.34. The molecule has 0 fully saturated rings. The summed E-state index contributed by atoms with van der Waals surface area (Å²) < 4.78 is 19.4. The monoisotopic (exact) mass is 387 g/mol. The Morgan fingerprint density at radius 2 is 2.04 bits per heavy atom. The molecule has 0 aliphatic carbocycles. The fourth-order valence-electron chi connectivity index (χ4n) is 3.46. The summed E-state index contributed by atoms with van der Waals surface area (Å²) in [6, 6.07) is 5.24. The van der Waals surface area contributed by atoms with Gasteiger partial charge in [0, 0.05) is 18.7 Å². The summed E-state index contributed by atoms with van der Waals surface area (Å²) in [5.41, 5.74) is 1.76. The molecule has 2 aromatic heterocycles. The molecule has 3 heterocycles. The molecule has 3 aromatic rings. The highest BCUT2D eigenvalue weighted by Gasteiger charge is 2.34. The normalized spacial score (nSPS) is 16.4. The predicted molar refractivity (Wildman–Crippen MR) is 97.6 cm³/mol. The quantitative estimate of drug-likeness (QED) is 0.747. The van der Waals surface area contributed by atoms with E-state index in [1.54, 1.807) is 4.90 Å². The van der Waals surface area contributed by atoms with Crippen LogP contribution >= 0.6 is 11.5 Å². The average Bonchev–Trinajstić information content (AvgIpc) is 3.26. The lowest BCUT2D eigenvalue weighted by atomic mass is 10.1. The molecule has 140 valence electrons. The lowest BCUT2D eigenvalue weighted by Crippen LogP contribution is -2.41. The van der Waals surface area contributed by atoms with Gasteiger partial charge in [0.05, 0.1) is 24.0 Å². The van der Waals surface area contributed by atoms with Crippen LogP contribution in [0.1, 0.15) is 40.5 Å². The fraction of sp³-hybridized carbons (Fsp3) is 0.333. The fourth-order valence-corrected chi connectivity index (χ4v) is 4.13. The molecular formula is C18H18FN5O2S. The zero-order chi connectivity index (χ0) is 19.1. The van der Waals surface area contributed by atoms with Crippen molar-refractivity contribution >= 4 is 17.4 Å². The highest BCUT2D eigenvalue weighted by Crippen LogP contribution is 2.34. The van der Waals surface area contributed by atoms with E-state index in [-0.39, 0.29) is 24.4 Å². The molecule has 4 rings (SSSR count). The number of aromatic nitrogens is 4. The molecule has 1 amide bonds. The second kappa shape index (κ2) is 6.82. The second-order valence-electron chi connectivity index (χ2n) is 6.41. The van der Waals surface area contributed by atoms with Gasteiger partial charge in [-0.1, -0.05) is 0 Å². The average molecular weight is 387 g/mol. The number of hydrogen-bond acceptors (Lipinski definition) is 6. The number of carbonyl (C=O) groups excluding carboxylic acids is 1. The largest absolute Gasteiger partial charge is 0.390 e. The van der Waals surface area contributed by atoms with Crippen LogP contribution in [0.25, 0.3) is 10.8 Å². The summed E-state index contributed by atoms with van der Waals surface area (Å²) in [6.07, 6.45) is 0. The maximum Gasteiger partial charge on any atom is 0.254 e. The molecule has 0 unspecified atom stereocenters. The Kier molecular flexibility index (Phi) is 4.48. The number of imidazole rings is 1. The van der Waals surface area contributed by atoms with Crippen LogP contribution in [0.15, 0.2) is 24.3 Å². The SMILES string of the molecule is Cc1nsc(-c2nc(CO)c3n2CCN(C(=O)c2ccc(F)cc2)[C@@H]3C)n1. The van der Waals surface area contributed by atoms with Crippen LogP contribution in [0.2, 0.25) is 0 Å². The molecule has 1 aromatic carbocycles. The van der Waals surface area contributed by atoms with E-state index in [1.165, 1.54) is 35.8 Å². The van der Waals surface area contributed by atoms with E-state index in [2.05, 4.69) is 14.3 Å². The van der Waals surface area contributed by atoms with Crippen molar-refractivity contribution in [3.8, 4) is 10.8 Å². The third kappa shape index (κ3) is 3.02. The first-order chi connectivity index (χ1) is 13.0. The molecule has 1 aliphatic heterocycles. The van der Waals surface area contributed by atoms with E-state index in [4.69, 9.17) is 0 Å². The number of benzene rings is 1. The van der Waals surface area contributed by atoms with Gasteiger partial charge in [0.15, 0.2) is 10.8 Å². The highest BCUT2D eigenvalue weighted by molar-refractivity contribution is 7.09. The van der Waals surface area contributed by atoms with Crippen molar-refractivity contribution in [1.82, 2.24) is 23.8 Å². The van der Waals surface area contributed by atoms with Gasteiger partial charge in [-0.3, -0.25) is 4.79 Å². The van der Waals surface area contributed by atoms with Crippen molar-refractivity contribution in [3.05, 3.63) is 52.9 Å². The van der Waals surface area contributed by atoms with Gasteiger partial charge in [0.2, 0.25) is 0 Å². The Hall–Kier alpha value is -2.65. The van der Waals surface area contributed by atoms with Crippen molar-refractivity contribution in [2.45, 2.75) is 33.0 Å². The minimum absolute atomic E-state index is 0.174. The van der Waals surface area contributed by atoms with Crippen LogP contribution in [-0.2, 0) is 13.2 Å². The molecule has 27 heavy (non-hydrogen) atoms. The lowest BCUT2D eigenvalue weighted by molar-refractivity contribution is 0.0641. The van der Waals surface area contributed by atoms with Crippen LogP contribution in [0.3, 0.4) is 0 Å². The smallest absolute Gasteiger partial charge is 0.254 e. The summed E-state index contributed by atoms with van der Waals surface area (Å²) in [6.45, 7) is 4.51. The number of halogens is 1. The topological polar surface area (TPSA) is 84.1 Å². The van der Waals surface area contributed by atoms with Crippen LogP contribution in [0.4, 0.5) is 4.39 Å². The van der Waals surface area contributed by atoms with Gasteiger partial charge in [-0.25, -0.2) is 14.4 Å². The van der Waals surface area contributed by atoms with Gasteiger partial charge < -0.3 is 14.6 Å². The molecule has 9 heteroatoms. The van der Waals surface area contributed by atoms with Gasteiger partial charge in [-0.05, 0) is 49.6 Å². The van der Waals surface area contributed by atoms with Crippen molar-refractivity contribution in [1.29, 1.82) is 0 Å². The number of fused-ring (bicyclic) bond motifs is 1. The molecular weight excluding hydrogens is 369 g/mol. The van der Waals surface area contributed by atoms with Gasteiger partial charge in [-0.2, -0.15) is 4.37 Å². The molecule has 0 bridgehead atoms. The maximum absolute atomic E-state index is 13.2. The second-order valence-corrected chi connectivity index (χ2v) is 7.16.